The first-order valence-corrected chi connectivity index (χ1v) is 17.9. The maximum absolute atomic E-state index is 13.7. The highest BCUT2D eigenvalue weighted by Crippen LogP contribution is 2.26. The van der Waals surface area contributed by atoms with E-state index in [1.165, 1.54) is 0 Å². The van der Waals surface area contributed by atoms with Gasteiger partial charge in [0.1, 0.15) is 6.04 Å². The van der Waals surface area contributed by atoms with E-state index in [-0.39, 0.29) is 53.4 Å². The summed E-state index contributed by atoms with van der Waals surface area (Å²) >= 11 is 0. The Labute approximate surface area is 324 Å². The van der Waals surface area contributed by atoms with Gasteiger partial charge in [-0.1, -0.05) is 13.8 Å². The molecule has 0 unspecified atom stereocenters. The summed E-state index contributed by atoms with van der Waals surface area (Å²) in [6.45, 7) is 5.81. The monoisotopic (exact) mass is 809 g/mol. The smallest absolute Gasteiger partial charge is 0.471 e. The molecule has 0 spiro atoms. The summed E-state index contributed by atoms with van der Waals surface area (Å²) in [4.78, 5) is 88.8. The summed E-state index contributed by atoms with van der Waals surface area (Å²) in [6, 6.07) is 2.74. The molecule has 3 rings (SSSR count). The van der Waals surface area contributed by atoms with Gasteiger partial charge in [-0.3, -0.25) is 39.2 Å². The number of hydrogen-bond donors (Lipinski definition) is 6. The van der Waals surface area contributed by atoms with Gasteiger partial charge in [0.25, 0.3) is 11.5 Å². The lowest BCUT2D eigenvalue weighted by Gasteiger charge is -2.24. The van der Waals surface area contributed by atoms with Crippen molar-refractivity contribution in [1.82, 2.24) is 30.6 Å². The number of alkyl halides is 3. The first-order valence-electron chi connectivity index (χ1n) is 17.9. The van der Waals surface area contributed by atoms with Gasteiger partial charge in [-0.2, -0.15) is 18.2 Å². The van der Waals surface area contributed by atoms with Crippen molar-refractivity contribution >= 4 is 52.4 Å². The molecule has 312 valence electrons. The van der Waals surface area contributed by atoms with Crippen LogP contribution in [-0.4, -0.2) is 120 Å². The average Bonchev–Trinajstić information content (AvgIpc) is 3.16. The first-order chi connectivity index (χ1) is 27.1. The lowest BCUT2D eigenvalue weighted by atomic mass is 10.1. The predicted molar refractivity (Wildman–Crippen MR) is 197 cm³/mol. The molecule has 0 aliphatic carbocycles. The molecule has 2 aromatic heterocycles. The van der Waals surface area contributed by atoms with Crippen LogP contribution in [0.1, 0.15) is 55.6 Å². The molecule has 0 aliphatic rings. The molecule has 22 heteroatoms. The zero-order valence-corrected chi connectivity index (χ0v) is 31.4. The summed E-state index contributed by atoms with van der Waals surface area (Å²) in [6.07, 6.45) is -3.56. The van der Waals surface area contributed by atoms with Crippen LogP contribution in [0.2, 0.25) is 0 Å². The minimum atomic E-state index is -5.34. The molecule has 0 fully saturated rings. The zero-order chi connectivity index (χ0) is 42.0. The van der Waals surface area contributed by atoms with Gasteiger partial charge in [0.2, 0.25) is 17.8 Å². The van der Waals surface area contributed by atoms with Gasteiger partial charge in [-0.25, -0.2) is 14.8 Å². The van der Waals surface area contributed by atoms with E-state index in [4.69, 9.17) is 19.9 Å². The molecule has 0 bridgehead atoms. The Balaban J connectivity index is 1.54. The van der Waals surface area contributed by atoms with E-state index in [1.807, 2.05) is 0 Å². The van der Waals surface area contributed by atoms with Gasteiger partial charge in [0.05, 0.1) is 44.9 Å². The van der Waals surface area contributed by atoms with Gasteiger partial charge >= 0.3 is 18.1 Å². The Morgan fingerprint density at radius 1 is 0.947 bits per heavy atom. The number of rotatable bonds is 24. The van der Waals surface area contributed by atoms with Crippen LogP contribution in [0, 0.1) is 5.92 Å². The third-order valence-corrected chi connectivity index (χ3v) is 7.77. The Kier molecular flexibility index (Phi) is 18.4. The molecule has 0 aliphatic heterocycles. The quantitative estimate of drug-likeness (QED) is 0.0696. The molecule has 7 N–H and O–H groups in total. The molecule has 1 atom stereocenters. The largest absolute Gasteiger partial charge is 0.480 e. The molecular formula is C35H46F3N9O10. The van der Waals surface area contributed by atoms with Gasteiger partial charge < -0.3 is 35.7 Å². The number of anilines is 2. The number of hydrogen-bond acceptors (Lipinski definition) is 13. The number of H-pyrrole nitrogens is 1. The summed E-state index contributed by atoms with van der Waals surface area (Å²) in [7, 11) is 0. The Morgan fingerprint density at radius 3 is 2.18 bits per heavy atom. The van der Waals surface area contributed by atoms with E-state index in [2.05, 4.69) is 35.9 Å². The molecule has 0 saturated heterocycles. The number of fused-ring (bicyclic) bond motifs is 1. The second kappa shape index (κ2) is 22.8. The molecule has 2 heterocycles. The number of carboxylic acids is 1. The second-order valence-electron chi connectivity index (χ2n) is 12.6. The van der Waals surface area contributed by atoms with E-state index in [0.717, 1.165) is 36.9 Å². The van der Waals surface area contributed by atoms with Crippen molar-refractivity contribution in [3.63, 3.8) is 0 Å². The highest BCUT2D eigenvalue weighted by Gasteiger charge is 2.43. The zero-order valence-electron chi connectivity index (χ0n) is 31.4. The maximum Gasteiger partial charge on any atom is 0.471 e. The van der Waals surface area contributed by atoms with Crippen LogP contribution in [0.4, 0.5) is 24.8 Å². The van der Waals surface area contributed by atoms with Gasteiger partial charge in [0, 0.05) is 43.3 Å². The van der Waals surface area contributed by atoms with Crippen molar-refractivity contribution in [3.05, 3.63) is 52.1 Å². The Bertz CT molecular complexity index is 1880. The number of aromatic nitrogens is 4. The van der Waals surface area contributed by atoms with Crippen molar-refractivity contribution in [2.24, 2.45) is 11.7 Å². The molecule has 0 saturated carbocycles. The normalized spacial score (nSPS) is 12.0. The van der Waals surface area contributed by atoms with E-state index in [9.17, 15) is 47.0 Å². The van der Waals surface area contributed by atoms with Gasteiger partial charge in [-0.15, -0.1) is 0 Å². The number of amides is 4. The van der Waals surface area contributed by atoms with Crippen LogP contribution < -0.4 is 32.1 Å². The van der Waals surface area contributed by atoms with Crippen molar-refractivity contribution < 1.29 is 56.5 Å². The molecule has 4 amide bonds. The highest BCUT2D eigenvalue weighted by atomic mass is 19.4. The fraction of sp³-hybridized carbons (Fsp3) is 0.514. The Morgan fingerprint density at radius 2 is 1.58 bits per heavy atom. The number of nitrogens with one attached hydrogen (secondary N) is 4. The second-order valence-corrected chi connectivity index (χ2v) is 12.6. The van der Waals surface area contributed by atoms with E-state index in [0.29, 0.717) is 57.5 Å². The number of nitrogens with two attached hydrogens (primary N) is 1. The number of nitrogens with zero attached hydrogens (tertiary/aromatic N) is 4. The van der Waals surface area contributed by atoms with Gasteiger partial charge in [0.15, 0.2) is 11.2 Å². The number of carboxylic acid groups (broad SMARTS) is 1. The van der Waals surface area contributed by atoms with E-state index < -0.39 is 59.8 Å². The van der Waals surface area contributed by atoms with Crippen LogP contribution in [0.25, 0.3) is 11.2 Å². The number of benzene rings is 1. The third kappa shape index (κ3) is 15.5. The molecule has 1 aromatic carbocycles. The topological polar surface area (TPSA) is 270 Å². The summed E-state index contributed by atoms with van der Waals surface area (Å²) in [5.41, 5.74) is 3.23. The van der Waals surface area contributed by atoms with Gasteiger partial charge in [-0.05, 0) is 50.1 Å². The van der Waals surface area contributed by atoms with Crippen LogP contribution >= 0.6 is 0 Å². The summed E-state index contributed by atoms with van der Waals surface area (Å²) in [5.74, 6) is -6.17. The number of ether oxygens (including phenoxy) is 3. The summed E-state index contributed by atoms with van der Waals surface area (Å²) in [5, 5.41) is 17.0. The first kappa shape index (κ1) is 45.8. The lowest BCUT2D eigenvalue weighted by molar-refractivity contribution is -0.170. The average molecular weight is 810 g/mol. The van der Waals surface area contributed by atoms with Crippen LogP contribution in [0.3, 0.4) is 0 Å². The minimum Gasteiger partial charge on any atom is -0.480 e. The fourth-order valence-electron chi connectivity index (χ4n) is 4.73. The van der Waals surface area contributed by atoms with Crippen LogP contribution in [0.5, 0.6) is 0 Å². The predicted octanol–water partition coefficient (Wildman–Crippen LogP) is 1.27. The maximum atomic E-state index is 13.7. The van der Waals surface area contributed by atoms with Crippen molar-refractivity contribution in [1.29, 1.82) is 0 Å². The SMILES string of the molecule is CC(C)C(=O)Nc1nc2ncc(CN(C(=O)C(F)(F)F)c3ccc(C(=O)N[C@H](CCC(=O)NCCCOCCOCCOCCCN)C(=O)O)cc3)nc2c(=O)[nH]1. The minimum absolute atomic E-state index is 0.154. The fourth-order valence-corrected chi connectivity index (χ4v) is 4.73. The molecule has 3 aromatic rings. The van der Waals surface area contributed by atoms with E-state index >= 15 is 0 Å². The van der Waals surface area contributed by atoms with Crippen LogP contribution in [0.15, 0.2) is 35.3 Å². The van der Waals surface area contributed by atoms with Crippen molar-refractivity contribution in [3.8, 4) is 0 Å². The standard InChI is InChI=1S/C35H46F3N9O10/c1-21(2)29(49)45-34-44-28-27(31(51)46-34)42-23(19-41-28)20-47(33(54)35(36,37)38)24-7-5-22(6-8-24)30(50)43-25(32(52)53)9-10-26(48)40-12-4-14-56-16-18-57-17-15-55-13-3-11-39/h5-8,19,21,25H,3-4,9-18,20,39H2,1-2H3,(H,40,48)(H,43,50)(H,52,53)(H2,41,44,45,46,49,51)/t25-/m1/s1. The van der Waals surface area contributed by atoms with Crippen molar-refractivity contribution in [2.75, 3.05) is 62.9 Å². The number of halogens is 3. The Hall–Kier alpha value is -5.58. The van der Waals surface area contributed by atoms with Crippen molar-refractivity contribution in [2.45, 2.75) is 58.3 Å². The summed E-state index contributed by atoms with van der Waals surface area (Å²) < 4.78 is 57.1. The van der Waals surface area contributed by atoms with Crippen LogP contribution in [-0.2, 0) is 39.9 Å². The number of aliphatic carboxylic acids is 1. The number of carbonyl (C=O) groups excluding carboxylic acids is 4. The molecule has 0 radical (unpaired) electrons. The third-order valence-electron chi connectivity index (χ3n) is 7.77. The molecule has 19 nitrogen and oxygen atoms in total. The van der Waals surface area contributed by atoms with E-state index in [1.54, 1.807) is 13.8 Å². The number of carbonyl (C=O) groups is 5. The highest BCUT2D eigenvalue weighted by molar-refractivity contribution is 5.99. The molecule has 57 heavy (non-hydrogen) atoms. The number of aromatic amines is 1. The lowest BCUT2D eigenvalue weighted by Crippen LogP contribution is -2.42. The molecular weight excluding hydrogens is 763 g/mol.